The summed E-state index contributed by atoms with van der Waals surface area (Å²) in [5.41, 5.74) is -1.40. The van der Waals surface area contributed by atoms with Gasteiger partial charge >= 0.3 is 0 Å². The molecule has 0 aromatic rings. The van der Waals surface area contributed by atoms with E-state index in [1.165, 1.54) is 0 Å². The fraction of sp³-hybridized carbons (Fsp3) is 0.980. The molecule has 10 fully saturated rings. The molecule has 1 spiro atoms. The van der Waals surface area contributed by atoms with Crippen LogP contribution in [-0.2, 0) is 52.2 Å². The van der Waals surface area contributed by atoms with Gasteiger partial charge in [0.2, 0.25) is 0 Å². The van der Waals surface area contributed by atoms with E-state index in [1.807, 2.05) is 6.92 Å². The number of fused-ring (bicyclic) bond motifs is 7. The average molecular weight is 1110 g/mol. The summed E-state index contributed by atoms with van der Waals surface area (Å²) in [6, 6.07) is 0. The smallest absolute Gasteiger partial charge is 0.187 e. The van der Waals surface area contributed by atoms with Crippen LogP contribution in [0.25, 0.3) is 0 Å². The number of ether oxygens (including phenoxy) is 10. The van der Waals surface area contributed by atoms with Gasteiger partial charge in [0, 0.05) is 30.1 Å². The first-order valence-corrected chi connectivity index (χ1v) is 27.5. The molecule has 0 bridgehead atoms. The van der Waals surface area contributed by atoms with Crippen LogP contribution in [0.5, 0.6) is 0 Å². The summed E-state index contributed by atoms with van der Waals surface area (Å²) < 4.78 is 60.7. The van der Waals surface area contributed by atoms with Crippen molar-refractivity contribution in [2.24, 2.45) is 52.3 Å². The van der Waals surface area contributed by atoms with Crippen LogP contribution in [0.1, 0.15) is 72.6 Å². The van der Waals surface area contributed by atoms with Crippen LogP contribution in [0.15, 0.2) is 0 Å². The van der Waals surface area contributed by atoms with E-state index in [0.717, 1.165) is 12.8 Å². The molecule has 0 amide bonds. The fourth-order valence-electron chi connectivity index (χ4n) is 15.9. The molecule has 0 unspecified atom stereocenters. The van der Waals surface area contributed by atoms with Crippen LogP contribution in [-0.4, -0.2) is 268 Å². The minimum absolute atomic E-state index is 0.00535. The average Bonchev–Trinajstić information content (AvgIpc) is 4.10. The molecule has 6 heterocycles. The highest BCUT2D eigenvalue weighted by molar-refractivity contribution is 5.87. The zero-order chi connectivity index (χ0) is 55.5. The lowest BCUT2D eigenvalue weighted by Crippen LogP contribution is -2.69. The van der Waals surface area contributed by atoms with Crippen LogP contribution < -0.4 is 0 Å². The van der Waals surface area contributed by atoms with E-state index in [9.17, 15) is 81.4 Å². The molecule has 0 aromatic heterocycles. The van der Waals surface area contributed by atoms with Gasteiger partial charge in [0.1, 0.15) is 103 Å². The van der Waals surface area contributed by atoms with Gasteiger partial charge in [-0.1, -0.05) is 27.7 Å². The normalized spacial score (nSPS) is 57.8. The molecule has 0 aromatic carbocycles. The summed E-state index contributed by atoms with van der Waals surface area (Å²) in [6.45, 7) is 5.31. The highest BCUT2D eigenvalue weighted by atomic mass is 16.8. The van der Waals surface area contributed by atoms with E-state index >= 15 is 0 Å². The Hall–Kier alpha value is -1.33. The summed E-state index contributed by atoms with van der Waals surface area (Å²) in [5.74, 6) is -0.926. The van der Waals surface area contributed by atoms with Gasteiger partial charge in [0.25, 0.3) is 0 Å². The summed E-state index contributed by atoms with van der Waals surface area (Å²) in [6.07, 6.45) is -37.8. The quantitative estimate of drug-likeness (QED) is 0.0810. The number of aliphatic hydroxyl groups excluding tert-OH is 15. The van der Waals surface area contributed by atoms with Gasteiger partial charge < -0.3 is 124 Å². The zero-order valence-corrected chi connectivity index (χ0v) is 43.6. The first-order valence-electron chi connectivity index (χ1n) is 27.5. The molecule has 4 saturated carbocycles. The third kappa shape index (κ3) is 9.79. The first kappa shape index (κ1) is 58.9. The molecule has 26 heteroatoms. The van der Waals surface area contributed by atoms with Crippen LogP contribution in [0.2, 0.25) is 0 Å². The summed E-state index contributed by atoms with van der Waals surface area (Å²) in [5, 5.41) is 164. The minimum atomic E-state index is -2.09. The lowest BCUT2D eigenvalue weighted by Gasteiger charge is -2.62. The molecule has 6 saturated heterocycles. The SMILES string of the molecule is C[C@@H]1CC[C@@]2(OC1)O[C@H]1C[C@H]3[C@@H]4C[C@H](O)[C@H]5C[C@@H](O[C@@H]6O[C@H](CO)[C@@H](O[C@@H]7O[C@H](CO)[C@@H](O)[C@H](O[C@@H]8O[C@H](CO)[C@@H](O)[C@H](O)[C@H]8O)[C@H]7O[C@@H]7O[C@H](CO)[C@@H](O)[C@H](O)[C@H]7O)[C@H](O)[C@H]6O)[C@H](O)C[C@]5(C)[C@H]4CC(=O)[C@]3(C)[C@H]1[C@@H]2C. The van der Waals surface area contributed by atoms with E-state index in [-0.39, 0.29) is 60.7 Å². The van der Waals surface area contributed by atoms with Gasteiger partial charge in [-0.3, -0.25) is 4.79 Å². The Balaban J connectivity index is 0.848. The van der Waals surface area contributed by atoms with E-state index < -0.39 is 190 Å². The number of ketones is 1. The van der Waals surface area contributed by atoms with Crippen molar-refractivity contribution in [1.29, 1.82) is 0 Å². The topological polar surface area (TPSA) is 413 Å². The number of carbonyl (C=O) groups excluding carboxylic acids is 1. The molecule has 15 N–H and O–H groups in total. The first-order chi connectivity index (χ1) is 36.5. The van der Waals surface area contributed by atoms with Gasteiger partial charge in [0.05, 0.1) is 57.5 Å². The van der Waals surface area contributed by atoms with Gasteiger partial charge in [-0.2, -0.15) is 0 Å². The lowest BCUT2D eigenvalue weighted by atomic mass is 9.43. The van der Waals surface area contributed by atoms with Crippen LogP contribution >= 0.6 is 0 Å². The molecule has 77 heavy (non-hydrogen) atoms. The molecule has 0 radical (unpaired) electrons. The van der Waals surface area contributed by atoms with Crippen LogP contribution in [0, 0.1) is 52.3 Å². The van der Waals surface area contributed by atoms with Gasteiger partial charge in [0.15, 0.2) is 30.9 Å². The maximum atomic E-state index is 14.7. The molecular formula is C51H82O26. The molecular weight excluding hydrogens is 1030 g/mol. The molecule has 34 atom stereocenters. The van der Waals surface area contributed by atoms with E-state index in [2.05, 4.69) is 20.8 Å². The Labute approximate surface area is 444 Å². The van der Waals surface area contributed by atoms with Gasteiger partial charge in [-0.05, 0) is 67.1 Å². The molecule has 10 aliphatic rings. The molecule has 442 valence electrons. The molecule has 6 aliphatic heterocycles. The third-order valence-corrected chi connectivity index (χ3v) is 20.3. The maximum Gasteiger partial charge on any atom is 0.187 e. The Bertz CT molecular complexity index is 2030. The molecule has 26 nitrogen and oxygen atoms in total. The maximum absolute atomic E-state index is 14.7. The van der Waals surface area contributed by atoms with Crippen molar-refractivity contribution in [3.63, 3.8) is 0 Å². The second kappa shape index (κ2) is 22.3. The number of aliphatic hydroxyl groups is 15. The Morgan fingerprint density at radius 2 is 1.08 bits per heavy atom. The van der Waals surface area contributed by atoms with Crippen LogP contribution in [0.3, 0.4) is 0 Å². The van der Waals surface area contributed by atoms with Crippen molar-refractivity contribution in [3.05, 3.63) is 0 Å². The van der Waals surface area contributed by atoms with E-state index in [4.69, 9.17) is 47.4 Å². The van der Waals surface area contributed by atoms with Gasteiger partial charge in [-0.15, -0.1) is 0 Å². The number of carbonyl (C=O) groups is 1. The predicted octanol–water partition coefficient (Wildman–Crippen LogP) is -5.79. The highest BCUT2D eigenvalue weighted by Crippen LogP contribution is 2.70. The summed E-state index contributed by atoms with van der Waals surface area (Å²) >= 11 is 0. The Morgan fingerprint density at radius 3 is 1.66 bits per heavy atom. The number of Topliss-reactive ketones (excluding diaryl/α,β-unsaturated/α-hetero) is 1. The summed E-state index contributed by atoms with van der Waals surface area (Å²) in [4.78, 5) is 14.7. The Morgan fingerprint density at radius 1 is 0.545 bits per heavy atom. The van der Waals surface area contributed by atoms with E-state index in [0.29, 0.717) is 25.4 Å². The second-order valence-corrected chi connectivity index (χ2v) is 24.5. The Kier molecular flexibility index (Phi) is 17.1. The standard InChI is InChI=1S/C51H82O26/c1-17-5-6-51(68-16-17)18(2)32-26(77-51)8-21-19-7-23(56)22-9-25(24(57)11-49(22,3)20(19)10-31(58)50(21,32)4)69-45-41(67)38(64)42(30(15-55)73-45)74-48-44(76-47-40(66)37(63)34(60)28(13-53)71-47)43(35(61)29(14-54)72-48)75-46-39(65)36(62)33(59)27(12-52)70-46/h17-30,32-48,52-57,59-67H,5-16H2,1-4H3/t17-,18+,19-,20+,21+,22-,23+,24-,25-,26+,27-,28-,29-,30-,32+,33-,34-,35-,36+,37+,38-,39-,40-,41-,42-,43+,44-,45-,46+,47+,48+,49-,50-,51-/m1/s1. The van der Waals surface area contributed by atoms with Crippen molar-refractivity contribution in [2.75, 3.05) is 33.0 Å². The van der Waals surface area contributed by atoms with Crippen molar-refractivity contribution >= 4 is 5.78 Å². The third-order valence-electron chi connectivity index (χ3n) is 20.3. The van der Waals surface area contributed by atoms with Crippen molar-refractivity contribution < 1.29 is 129 Å². The van der Waals surface area contributed by atoms with Crippen LogP contribution in [0.4, 0.5) is 0 Å². The second-order valence-electron chi connectivity index (χ2n) is 24.5. The van der Waals surface area contributed by atoms with Crippen molar-refractivity contribution in [2.45, 2.75) is 226 Å². The number of hydrogen-bond donors (Lipinski definition) is 15. The van der Waals surface area contributed by atoms with Crippen molar-refractivity contribution in [3.8, 4) is 0 Å². The minimum Gasteiger partial charge on any atom is -0.394 e. The van der Waals surface area contributed by atoms with Crippen molar-refractivity contribution in [1.82, 2.24) is 0 Å². The molecule has 4 aliphatic carbocycles. The van der Waals surface area contributed by atoms with E-state index in [1.54, 1.807) is 0 Å². The predicted molar refractivity (Wildman–Crippen MR) is 251 cm³/mol. The number of rotatable bonds is 12. The highest BCUT2D eigenvalue weighted by Gasteiger charge is 2.73. The largest absolute Gasteiger partial charge is 0.394 e. The fourth-order valence-corrected chi connectivity index (χ4v) is 15.9. The van der Waals surface area contributed by atoms with Gasteiger partial charge in [-0.25, -0.2) is 0 Å². The monoisotopic (exact) mass is 1110 g/mol. The number of hydrogen-bond acceptors (Lipinski definition) is 26. The summed E-state index contributed by atoms with van der Waals surface area (Å²) in [7, 11) is 0. The molecule has 10 rings (SSSR count). The lowest BCUT2D eigenvalue weighted by molar-refractivity contribution is -0.407. The zero-order valence-electron chi connectivity index (χ0n) is 43.6.